The Morgan fingerprint density at radius 2 is 2.06 bits per heavy atom. The van der Waals surface area contributed by atoms with Crippen LogP contribution in [0.15, 0.2) is 6.20 Å². The first-order valence-corrected chi connectivity index (χ1v) is 6.20. The summed E-state index contributed by atoms with van der Waals surface area (Å²) in [6.07, 6.45) is 4.50. The van der Waals surface area contributed by atoms with Crippen LogP contribution in [-0.4, -0.2) is 38.0 Å². The van der Waals surface area contributed by atoms with Crippen molar-refractivity contribution >= 4 is 11.5 Å². The highest BCUT2D eigenvalue weighted by Gasteiger charge is 2.43. The third-order valence-corrected chi connectivity index (χ3v) is 3.94. The molecule has 1 N–H and O–H groups in total. The summed E-state index contributed by atoms with van der Waals surface area (Å²) in [6, 6.07) is 0.375. The molecule has 2 atom stereocenters. The maximum atomic E-state index is 11.1. The number of anilines is 1. The second kappa shape index (κ2) is 3.94. The number of aliphatic hydroxyl groups excluding tert-OH is 1. The van der Waals surface area contributed by atoms with Crippen molar-refractivity contribution < 1.29 is 10.0 Å². The second-order valence-electron chi connectivity index (χ2n) is 5.19. The SMILES string of the molecule is Cn1cc([N+](=O)[O-])c(N2C3CCC2CC(O)C3)n1. The van der Waals surface area contributed by atoms with Gasteiger partial charge in [0.15, 0.2) is 0 Å². The van der Waals surface area contributed by atoms with E-state index in [1.165, 1.54) is 10.9 Å². The van der Waals surface area contributed by atoms with Gasteiger partial charge >= 0.3 is 5.69 Å². The first-order valence-electron chi connectivity index (χ1n) is 6.20. The van der Waals surface area contributed by atoms with E-state index in [0.29, 0.717) is 18.7 Å². The molecule has 1 aromatic heterocycles. The van der Waals surface area contributed by atoms with Crippen LogP contribution >= 0.6 is 0 Å². The largest absolute Gasteiger partial charge is 0.393 e. The minimum absolute atomic E-state index is 0.0609. The van der Waals surface area contributed by atoms with Gasteiger partial charge in [-0.2, -0.15) is 0 Å². The van der Waals surface area contributed by atoms with E-state index in [0.717, 1.165) is 12.8 Å². The van der Waals surface area contributed by atoms with Crippen LogP contribution in [-0.2, 0) is 7.05 Å². The number of aromatic nitrogens is 2. The minimum atomic E-state index is -0.382. The molecule has 7 heteroatoms. The number of nitro groups is 1. The van der Waals surface area contributed by atoms with E-state index in [4.69, 9.17) is 0 Å². The molecule has 2 aliphatic rings. The Hall–Kier alpha value is -1.63. The third-order valence-electron chi connectivity index (χ3n) is 3.94. The lowest BCUT2D eigenvalue weighted by Crippen LogP contribution is -2.45. The number of piperidine rings is 1. The Bertz CT molecular complexity index is 473. The first-order chi connectivity index (χ1) is 8.56. The van der Waals surface area contributed by atoms with Gasteiger partial charge in [-0.3, -0.25) is 14.8 Å². The topological polar surface area (TPSA) is 84.4 Å². The molecule has 0 saturated carbocycles. The van der Waals surface area contributed by atoms with Gasteiger partial charge in [0.1, 0.15) is 6.20 Å². The van der Waals surface area contributed by atoms with Gasteiger partial charge < -0.3 is 10.0 Å². The molecule has 2 unspecified atom stereocenters. The molecule has 3 heterocycles. The molecule has 0 spiro atoms. The number of hydrogen-bond acceptors (Lipinski definition) is 5. The molecule has 2 bridgehead atoms. The molecular formula is C11H16N4O3. The summed E-state index contributed by atoms with van der Waals surface area (Å²) >= 11 is 0. The molecule has 0 amide bonds. The summed E-state index contributed by atoms with van der Waals surface area (Å²) in [6.45, 7) is 0. The van der Waals surface area contributed by atoms with E-state index in [9.17, 15) is 15.2 Å². The van der Waals surface area contributed by atoms with Crippen molar-refractivity contribution in [1.29, 1.82) is 0 Å². The van der Waals surface area contributed by atoms with Gasteiger partial charge in [-0.15, -0.1) is 5.10 Å². The number of aryl methyl sites for hydroxylation is 1. The van der Waals surface area contributed by atoms with Crippen molar-refractivity contribution in [2.24, 2.45) is 7.05 Å². The molecule has 0 aliphatic carbocycles. The highest BCUT2D eigenvalue weighted by Crippen LogP contribution is 2.41. The predicted molar refractivity (Wildman–Crippen MR) is 64.4 cm³/mol. The molecule has 2 aliphatic heterocycles. The fourth-order valence-electron chi connectivity index (χ4n) is 3.27. The number of hydrogen-bond donors (Lipinski definition) is 1. The Morgan fingerprint density at radius 3 is 2.61 bits per heavy atom. The van der Waals surface area contributed by atoms with Crippen LogP contribution in [0.5, 0.6) is 0 Å². The van der Waals surface area contributed by atoms with Gasteiger partial charge in [0.25, 0.3) is 0 Å². The third kappa shape index (κ3) is 1.66. The molecule has 0 radical (unpaired) electrons. The van der Waals surface area contributed by atoms with Crippen LogP contribution < -0.4 is 4.90 Å². The highest BCUT2D eigenvalue weighted by molar-refractivity contribution is 5.59. The molecule has 2 fully saturated rings. The lowest BCUT2D eigenvalue weighted by Gasteiger charge is -2.36. The van der Waals surface area contributed by atoms with Crippen molar-refractivity contribution in [1.82, 2.24) is 9.78 Å². The molecule has 2 saturated heterocycles. The van der Waals surface area contributed by atoms with Crippen LogP contribution in [0.4, 0.5) is 11.5 Å². The Balaban J connectivity index is 1.98. The van der Waals surface area contributed by atoms with Crippen LogP contribution in [0.3, 0.4) is 0 Å². The summed E-state index contributed by atoms with van der Waals surface area (Å²) in [5.74, 6) is 0.460. The summed E-state index contributed by atoms with van der Waals surface area (Å²) in [5, 5.41) is 25.0. The van der Waals surface area contributed by atoms with Gasteiger partial charge in [0, 0.05) is 19.1 Å². The average Bonchev–Trinajstić information content (AvgIpc) is 2.78. The summed E-state index contributed by atoms with van der Waals surface area (Å²) in [7, 11) is 1.69. The van der Waals surface area contributed by atoms with Gasteiger partial charge in [-0.25, -0.2) is 0 Å². The molecule has 7 nitrogen and oxygen atoms in total. The minimum Gasteiger partial charge on any atom is -0.393 e. The monoisotopic (exact) mass is 252 g/mol. The normalized spacial score (nSPS) is 30.8. The smallest absolute Gasteiger partial charge is 0.330 e. The lowest BCUT2D eigenvalue weighted by atomic mass is 10.00. The van der Waals surface area contributed by atoms with Crippen LogP contribution in [0.1, 0.15) is 25.7 Å². The zero-order chi connectivity index (χ0) is 12.9. The van der Waals surface area contributed by atoms with Gasteiger partial charge in [0.2, 0.25) is 5.82 Å². The standard InChI is InChI=1S/C11H16N4O3/c1-13-6-10(15(17)18)11(12-13)14-7-2-3-8(14)5-9(16)4-7/h6-9,16H,2-5H2,1H3. The number of nitrogens with zero attached hydrogens (tertiary/aromatic N) is 4. The Labute approximate surface area is 104 Å². The molecule has 1 aromatic rings. The van der Waals surface area contributed by atoms with Crippen molar-refractivity contribution in [3.8, 4) is 0 Å². The fourth-order valence-corrected chi connectivity index (χ4v) is 3.27. The van der Waals surface area contributed by atoms with E-state index in [2.05, 4.69) is 5.10 Å². The molecule has 0 aromatic carbocycles. The molecule has 98 valence electrons. The van der Waals surface area contributed by atoms with Crippen molar-refractivity contribution in [3.05, 3.63) is 16.3 Å². The maximum Gasteiger partial charge on any atom is 0.330 e. The Kier molecular flexibility index (Phi) is 2.51. The van der Waals surface area contributed by atoms with Crippen molar-refractivity contribution in [2.45, 2.75) is 43.9 Å². The summed E-state index contributed by atoms with van der Waals surface area (Å²) in [4.78, 5) is 12.7. The molecule has 3 rings (SSSR count). The number of aliphatic hydroxyl groups is 1. The van der Waals surface area contributed by atoms with Crippen LogP contribution in [0.2, 0.25) is 0 Å². The van der Waals surface area contributed by atoms with E-state index in [1.54, 1.807) is 7.05 Å². The highest BCUT2D eigenvalue weighted by atomic mass is 16.6. The van der Waals surface area contributed by atoms with Crippen molar-refractivity contribution in [3.63, 3.8) is 0 Å². The van der Waals surface area contributed by atoms with E-state index >= 15 is 0 Å². The van der Waals surface area contributed by atoms with Crippen molar-refractivity contribution in [2.75, 3.05) is 4.90 Å². The van der Waals surface area contributed by atoms with Crippen LogP contribution in [0, 0.1) is 10.1 Å². The lowest BCUT2D eigenvalue weighted by molar-refractivity contribution is -0.384. The van der Waals surface area contributed by atoms with Crippen LogP contribution in [0.25, 0.3) is 0 Å². The predicted octanol–water partition coefficient (Wildman–Crippen LogP) is 0.820. The molecule has 18 heavy (non-hydrogen) atoms. The first kappa shape index (κ1) is 11.5. The summed E-state index contributed by atoms with van der Waals surface area (Å²) in [5.41, 5.74) is 0.0609. The Morgan fingerprint density at radius 1 is 1.44 bits per heavy atom. The number of rotatable bonds is 2. The van der Waals surface area contributed by atoms with E-state index < -0.39 is 0 Å². The fraction of sp³-hybridized carbons (Fsp3) is 0.727. The van der Waals surface area contributed by atoms with E-state index in [1.807, 2.05) is 4.90 Å². The molecular weight excluding hydrogens is 236 g/mol. The summed E-state index contributed by atoms with van der Waals surface area (Å²) < 4.78 is 1.48. The zero-order valence-electron chi connectivity index (χ0n) is 10.2. The van der Waals surface area contributed by atoms with Gasteiger partial charge in [0.05, 0.1) is 11.0 Å². The second-order valence-corrected chi connectivity index (χ2v) is 5.19. The maximum absolute atomic E-state index is 11.1. The number of fused-ring (bicyclic) bond motifs is 2. The van der Waals surface area contributed by atoms with Gasteiger partial charge in [-0.05, 0) is 25.7 Å². The quantitative estimate of drug-likeness (QED) is 0.622. The van der Waals surface area contributed by atoms with E-state index in [-0.39, 0.29) is 28.8 Å². The average molecular weight is 252 g/mol. The van der Waals surface area contributed by atoms with Gasteiger partial charge in [-0.1, -0.05) is 0 Å². The zero-order valence-corrected chi connectivity index (χ0v) is 10.2.